The van der Waals surface area contributed by atoms with Gasteiger partial charge in [0.05, 0.1) is 18.3 Å². The number of halogens is 6. The number of hydrogen-bond acceptors (Lipinski definition) is 8. The summed E-state index contributed by atoms with van der Waals surface area (Å²) in [5.41, 5.74) is 0.129. The van der Waals surface area contributed by atoms with Crippen LogP contribution in [0.2, 0.25) is 10.0 Å². The van der Waals surface area contributed by atoms with Gasteiger partial charge < -0.3 is 10.0 Å². The fourth-order valence-electron chi connectivity index (χ4n) is 6.30. The quantitative estimate of drug-likeness (QED) is 0.226. The molecule has 21 heteroatoms. The van der Waals surface area contributed by atoms with Gasteiger partial charge in [0.2, 0.25) is 10.0 Å². The molecule has 4 aromatic rings. The van der Waals surface area contributed by atoms with Crippen molar-refractivity contribution in [2.45, 2.75) is 23.2 Å². The van der Waals surface area contributed by atoms with E-state index in [4.69, 9.17) is 33.1 Å². The summed E-state index contributed by atoms with van der Waals surface area (Å²) in [6.45, 7) is 2.19. The van der Waals surface area contributed by atoms with Crippen LogP contribution < -0.4 is 14.6 Å². The molecule has 300 valence electrons. The first kappa shape index (κ1) is 42.6. The molecule has 1 amide bonds. The molecule has 0 bridgehead atoms. The number of carboxylic acids is 1. The molecule has 0 radical (unpaired) electrons. The number of hydrogen-bond donors (Lipinski definition) is 2. The smallest absolute Gasteiger partial charge is 0.475 e. The number of aliphatic carboxylic acids is 1. The van der Waals surface area contributed by atoms with Crippen LogP contribution in [-0.2, 0) is 24.8 Å². The number of nitrogens with one attached hydrogen (secondary N) is 1. The van der Waals surface area contributed by atoms with Crippen molar-refractivity contribution in [2.75, 3.05) is 49.8 Å². The normalized spacial score (nSPS) is 17.6. The highest BCUT2D eigenvalue weighted by molar-refractivity contribution is 7.92. The van der Waals surface area contributed by atoms with Crippen molar-refractivity contribution in [1.82, 2.24) is 19.1 Å². The number of alkyl halides is 3. The highest BCUT2D eigenvalue weighted by Crippen LogP contribution is 2.49. The van der Waals surface area contributed by atoms with Crippen molar-refractivity contribution in [3.8, 4) is 0 Å². The first-order chi connectivity index (χ1) is 26.2. The van der Waals surface area contributed by atoms with Gasteiger partial charge in [-0.1, -0.05) is 59.6 Å². The third-order valence-corrected chi connectivity index (χ3v) is 11.9. The minimum atomic E-state index is -5.08. The molecule has 0 aliphatic carbocycles. The van der Waals surface area contributed by atoms with Crippen LogP contribution in [0, 0.1) is 5.82 Å². The second-order valence-electron chi connectivity index (χ2n) is 12.6. The molecule has 13 nitrogen and oxygen atoms in total. The summed E-state index contributed by atoms with van der Waals surface area (Å²) in [4.78, 5) is 40.3. The van der Waals surface area contributed by atoms with Crippen molar-refractivity contribution >= 4 is 60.9 Å². The van der Waals surface area contributed by atoms with E-state index in [1.54, 1.807) is 53.4 Å². The molecule has 0 unspecified atom stereocenters. The van der Waals surface area contributed by atoms with E-state index in [1.165, 1.54) is 28.8 Å². The van der Waals surface area contributed by atoms with Crippen LogP contribution >= 0.6 is 23.2 Å². The molecule has 56 heavy (non-hydrogen) atoms. The number of rotatable bonds is 9. The first-order valence-corrected chi connectivity index (χ1v) is 20.6. The molecule has 2 aliphatic heterocycles. The van der Waals surface area contributed by atoms with E-state index >= 15 is 4.39 Å². The summed E-state index contributed by atoms with van der Waals surface area (Å²) in [7, 11) is -7.96. The Bertz CT molecular complexity index is 2380. The number of carboxylic acid groups (broad SMARTS) is 1. The van der Waals surface area contributed by atoms with Crippen LogP contribution in [-0.4, -0.2) is 99.9 Å². The largest absolute Gasteiger partial charge is 0.490 e. The van der Waals surface area contributed by atoms with Crippen molar-refractivity contribution in [3.05, 3.63) is 128 Å². The molecular weight excluding hydrogens is 829 g/mol. The fraction of sp³-hybridized carbons (Fsp3) is 0.286. The lowest BCUT2D eigenvalue weighted by atomic mass is 9.94. The number of piperazine rings is 1. The zero-order chi connectivity index (χ0) is 41.2. The zero-order valence-electron chi connectivity index (χ0n) is 29.2. The molecule has 1 saturated heterocycles. The summed E-state index contributed by atoms with van der Waals surface area (Å²) in [5.74, 6) is -4.29. The average Bonchev–Trinajstić information content (AvgIpc) is 3.49. The van der Waals surface area contributed by atoms with E-state index in [2.05, 4.69) is 4.72 Å². The third kappa shape index (κ3) is 9.52. The van der Waals surface area contributed by atoms with Crippen molar-refractivity contribution in [1.29, 1.82) is 0 Å². The highest BCUT2D eigenvalue weighted by Gasteiger charge is 2.48. The van der Waals surface area contributed by atoms with Crippen molar-refractivity contribution in [3.63, 3.8) is 0 Å². The standard InChI is InChI=1S/C33H32Cl2FN5O6S2.C2HF3O2/c1-48(44,45)37-16-17-38-18-20-39(21-19-38)32(42)26-14-15-29-40(33(26)43)30(22-6-10-24(34)11-7-22)31(23-8-12-25(35)13-9-23)41(29)49(46,47)28-5-3-2-4-27(28)36;3-2(4,5)1(6)7/h2-15,30-31,37H,16-21H2,1H3;(H,6,7)/t30-,31+;/m0./s1. The van der Waals surface area contributed by atoms with E-state index < -0.39 is 66.5 Å². The number of nitrogens with zero attached hydrogens (tertiary/aromatic N) is 4. The Morgan fingerprint density at radius 3 is 1.84 bits per heavy atom. The molecule has 2 aliphatic rings. The number of carbonyl (C=O) groups excluding carboxylic acids is 1. The molecule has 1 aromatic heterocycles. The monoisotopic (exact) mass is 861 g/mol. The Kier molecular flexibility index (Phi) is 12.9. The van der Waals surface area contributed by atoms with Crippen LogP contribution in [0.15, 0.2) is 94.6 Å². The first-order valence-electron chi connectivity index (χ1n) is 16.5. The van der Waals surface area contributed by atoms with E-state index in [0.29, 0.717) is 53.9 Å². The van der Waals surface area contributed by atoms with Crippen LogP contribution in [0.1, 0.15) is 33.6 Å². The molecule has 0 saturated carbocycles. The Hall–Kier alpha value is -4.53. The zero-order valence-corrected chi connectivity index (χ0v) is 32.3. The lowest BCUT2D eigenvalue weighted by molar-refractivity contribution is -0.192. The van der Waals surface area contributed by atoms with E-state index in [-0.39, 0.29) is 17.9 Å². The van der Waals surface area contributed by atoms with Gasteiger partial charge in [0.1, 0.15) is 22.1 Å². The molecular formula is C35H33Cl2F4N5O8S2. The number of amides is 1. The Morgan fingerprint density at radius 1 is 0.821 bits per heavy atom. The summed E-state index contributed by atoms with van der Waals surface area (Å²) in [6.07, 6.45) is -4.00. The minimum absolute atomic E-state index is 0.0482. The number of sulfonamides is 2. The number of carbonyl (C=O) groups is 2. The van der Waals surface area contributed by atoms with Gasteiger partial charge in [-0.05, 0) is 59.7 Å². The minimum Gasteiger partial charge on any atom is -0.475 e. The Labute approximate surface area is 328 Å². The molecule has 3 aromatic carbocycles. The van der Waals surface area contributed by atoms with Gasteiger partial charge in [-0.2, -0.15) is 13.2 Å². The Morgan fingerprint density at radius 2 is 1.34 bits per heavy atom. The molecule has 2 N–H and O–H groups in total. The molecule has 1 fully saturated rings. The lowest BCUT2D eigenvalue weighted by Crippen LogP contribution is -2.51. The second-order valence-corrected chi connectivity index (χ2v) is 17.1. The van der Waals surface area contributed by atoms with Gasteiger partial charge in [-0.3, -0.25) is 19.1 Å². The fourth-order valence-corrected chi connectivity index (χ4v) is 8.72. The Balaban J connectivity index is 0.000000784. The summed E-state index contributed by atoms with van der Waals surface area (Å²) >= 11 is 12.4. The maximum atomic E-state index is 15.2. The predicted octanol–water partition coefficient (Wildman–Crippen LogP) is 4.77. The van der Waals surface area contributed by atoms with Crippen LogP contribution in [0.4, 0.5) is 23.4 Å². The predicted molar refractivity (Wildman–Crippen MR) is 199 cm³/mol. The number of anilines is 1. The van der Waals surface area contributed by atoms with Gasteiger partial charge in [0.25, 0.3) is 21.5 Å². The third-order valence-electron chi connectivity index (χ3n) is 8.87. The van der Waals surface area contributed by atoms with E-state index in [0.717, 1.165) is 22.7 Å². The topological polar surface area (TPSA) is 166 Å². The SMILES string of the molecule is CS(=O)(=O)NCCN1CCN(C(=O)c2ccc3n(c2=O)[C@@H](c2ccc(Cl)cc2)[C@@H](c2ccc(Cl)cc2)N3S(=O)(=O)c2ccccc2F)CC1.O=C(O)C(F)(F)F. The molecule has 2 atom stereocenters. The number of fused-ring (bicyclic) bond motifs is 1. The maximum Gasteiger partial charge on any atom is 0.490 e. The van der Waals surface area contributed by atoms with Crippen LogP contribution in [0.5, 0.6) is 0 Å². The maximum absolute atomic E-state index is 15.2. The summed E-state index contributed by atoms with van der Waals surface area (Å²) < 4.78 is 103. The van der Waals surface area contributed by atoms with Gasteiger partial charge in [-0.25, -0.2) is 35.0 Å². The summed E-state index contributed by atoms with van der Waals surface area (Å²) in [6, 6.07) is 18.7. The van der Waals surface area contributed by atoms with E-state index in [1.807, 2.05) is 4.90 Å². The van der Waals surface area contributed by atoms with Gasteiger partial charge in [0, 0.05) is 49.3 Å². The van der Waals surface area contributed by atoms with Crippen molar-refractivity contribution < 1.29 is 49.1 Å². The molecule has 3 heterocycles. The average molecular weight is 863 g/mol. The highest BCUT2D eigenvalue weighted by atomic mass is 35.5. The van der Waals surface area contributed by atoms with Gasteiger partial charge in [-0.15, -0.1) is 0 Å². The summed E-state index contributed by atoms with van der Waals surface area (Å²) in [5, 5.41) is 7.95. The number of aromatic nitrogens is 1. The molecule has 6 rings (SSSR count). The molecule has 0 spiro atoms. The van der Waals surface area contributed by atoms with Crippen LogP contribution in [0.25, 0.3) is 0 Å². The number of pyridine rings is 1. The number of benzene rings is 3. The lowest BCUT2D eigenvalue weighted by Gasteiger charge is -2.34. The van der Waals surface area contributed by atoms with Gasteiger partial charge in [0.15, 0.2) is 0 Å². The second kappa shape index (κ2) is 16.9. The van der Waals surface area contributed by atoms with Crippen molar-refractivity contribution in [2.24, 2.45) is 0 Å². The van der Waals surface area contributed by atoms with E-state index in [9.17, 15) is 39.6 Å². The van der Waals surface area contributed by atoms with Gasteiger partial charge >= 0.3 is 12.1 Å². The van der Waals surface area contributed by atoms with Crippen LogP contribution in [0.3, 0.4) is 0 Å².